The molecule has 0 atom stereocenters. The van der Waals surface area contributed by atoms with Crippen LogP contribution in [0.5, 0.6) is 5.75 Å². The molecule has 6 nitrogen and oxygen atoms in total. The maximum atomic E-state index is 14.3. The topological polar surface area (TPSA) is 64.0 Å². The average molecular weight is 431 g/mol. The highest BCUT2D eigenvalue weighted by atomic mass is 19.2. The standard InChI is InChI=1S/C24H19F2N5O/c25-19-11-18(12-21(22(19)26)32-15-16-5-2-1-3-6-16)31-10-7-20-17(14-31)13-29-24(30-20)23-27-8-4-9-28-23/h1-6,8-9,11-13H,7,10,14-15H2. The van der Waals surface area contributed by atoms with E-state index < -0.39 is 11.6 Å². The Bertz CT molecular complexity index is 1240. The molecule has 2 aromatic carbocycles. The summed E-state index contributed by atoms with van der Waals surface area (Å²) in [7, 11) is 0. The summed E-state index contributed by atoms with van der Waals surface area (Å²) in [5.41, 5.74) is 3.25. The Balaban J connectivity index is 1.36. The molecule has 32 heavy (non-hydrogen) atoms. The van der Waals surface area contributed by atoms with E-state index >= 15 is 0 Å². The van der Waals surface area contributed by atoms with Gasteiger partial charge in [-0.05, 0) is 11.6 Å². The Labute approximate surface area is 183 Å². The van der Waals surface area contributed by atoms with Gasteiger partial charge < -0.3 is 9.64 Å². The molecule has 4 aromatic rings. The van der Waals surface area contributed by atoms with E-state index in [0.29, 0.717) is 36.8 Å². The highest BCUT2D eigenvalue weighted by Crippen LogP contribution is 2.31. The summed E-state index contributed by atoms with van der Waals surface area (Å²) in [5.74, 6) is -1.09. The van der Waals surface area contributed by atoms with Crippen molar-refractivity contribution in [3.8, 4) is 17.4 Å². The number of hydrogen-bond donors (Lipinski definition) is 0. The second-order valence-electron chi connectivity index (χ2n) is 7.42. The SMILES string of the molecule is Fc1cc(N2CCc3nc(-c4ncccn4)ncc3C2)cc(OCc2ccccc2)c1F. The lowest BCUT2D eigenvalue weighted by Crippen LogP contribution is -2.31. The number of aromatic nitrogens is 4. The molecule has 0 radical (unpaired) electrons. The van der Waals surface area contributed by atoms with E-state index in [1.165, 1.54) is 6.07 Å². The van der Waals surface area contributed by atoms with Gasteiger partial charge in [0.05, 0.1) is 5.69 Å². The van der Waals surface area contributed by atoms with Gasteiger partial charge in [-0.25, -0.2) is 24.3 Å². The minimum atomic E-state index is -0.988. The zero-order valence-corrected chi connectivity index (χ0v) is 17.1. The molecule has 160 valence electrons. The van der Waals surface area contributed by atoms with E-state index in [9.17, 15) is 8.78 Å². The van der Waals surface area contributed by atoms with Crippen LogP contribution in [0.15, 0.2) is 67.1 Å². The van der Waals surface area contributed by atoms with E-state index in [0.717, 1.165) is 16.8 Å². The predicted molar refractivity (Wildman–Crippen MR) is 115 cm³/mol. The number of rotatable bonds is 5. The molecular weight excluding hydrogens is 412 g/mol. The number of ether oxygens (including phenoxy) is 1. The molecule has 0 unspecified atom stereocenters. The van der Waals surface area contributed by atoms with Crippen LogP contribution >= 0.6 is 0 Å². The molecule has 0 saturated carbocycles. The fourth-order valence-corrected chi connectivity index (χ4v) is 3.63. The number of anilines is 1. The number of nitrogens with zero attached hydrogens (tertiary/aromatic N) is 5. The summed E-state index contributed by atoms with van der Waals surface area (Å²) >= 11 is 0. The molecule has 8 heteroatoms. The van der Waals surface area contributed by atoms with Crippen molar-refractivity contribution in [3.63, 3.8) is 0 Å². The van der Waals surface area contributed by atoms with Gasteiger partial charge in [-0.3, -0.25) is 0 Å². The fourth-order valence-electron chi connectivity index (χ4n) is 3.63. The van der Waals surface area contributed by atoms with Crippen molar-refractivity contribution in [2.75, 3.05) is 11.4 Å². The average Bonchev–Trinajstić information content (AvgIpc) is 2.85. The Hall–Kier alpha value is -3.94. The molecule has 5 rings (SSSR count). The second kappa shape index (κ2) is 8.66. The van der Waals surface area contributed by atoms with Crippen LogP contribution in [0.4, 0.5) is 14.5 Å². The third-order valence-electron chi connectivity index (χ3n) is 5.28. The minimum Gasteiger partial charge on any atom is -0.486 e. The quantitative estimate of drug-likeness (QED) is 0.468. The zero-order valence-electron chi connectivity index (χ0n) is 17.1. The lowest BCUT2D eigenvalue weighted by molar-refractivity contribution is 0.284. The molecule has 0 spiro atoms. The monoisotopic (exact) mass is 431 g/mol. The van der Waals surface area contributed by atoms with E-state index in [4.69, 9.17) is 4.74 Å². The number of hydrogen-bond acceptors (Lipinski definition) is 6. The second-order valence-corrected chi connectivity index (χ2v) is 7.42. The van der Waals surface area contributed by atoms with E-state index in [1.54, 1.807) is 30.7 Å². The van der Waals surface area contributed by atoms with Crippen molar-refractivity contribution in [1.82, 2.24) is 19.9 Å². The van der Waals surface area contributed by atoms with Crippen LogP contribution in [0.1, 0.15) is 16.8 Å². The van der Waals surface area contributed by atoms with Crippen molar-refractivity contribution < 1.29 is 13.5 Å². The first-order valence-corrected chi connectivity index (χ1v) is 10.2. The maximum absolute atomic E-state index is 14.3. The van der Waals surface area contributed by atoms with E-state index in [-0.39, 0.29) is 12.4 Å². The van der Waals surface area contributed by atoms with Crippen LogP contribution in [0.3, 0.4) is 0 Å². The van der Waals surface area contributed by atoms with Crippen LogP contribution in [0, 0.1) is 11.6 Å². The third-order valence-corrected chi connectivity index (χ3v) is 5.28. The van der Waals surface area contributed by atoms with Gasteiger partial charge in [0.15, 0.2) is 23.2 Å². The molecule has 1 aliphatic heterocycles. The molecule has 1 aliphatic rings. The van der Waals surface area contributed by atoms with Gasteiger partial charge in [-0.2, -0.15) is 4.39 Å². The summed E-state index contributed by atoms with van der Waals surface area (Å²) in [6, 6.07) is 13.8. The number of halogens is 2. The predicted octanol–water partition coefficient (Wildman–Crippen LogP) is 4.35. The fraction of sp³-hybridized carbons (Fsp3) is 0.167. The third kappa shape index (κ3) is 4.12. The highest BCUT2D eigenvalue weighted by molar-refractivity contribution is 5.54. The first kappa shape index (κ1) is 20.0. The van der Waals surface area contributed by atoms with Gasteiger partial charge in [-0.15, -0.1) is 0 Å². The highest BCUT2D eigenvalue weighted by Gasteiger charge is 2.22. The minimum absolute atomic E-state index is 0.109. The molecule has 3 heterocycles. The van der Waals surface area contributed by atoms with Crippen LogP contribution in [-0.2, 0) is 19.6 Å². The van der Waals surface area contributed by atoms with E-state index in [1.807, 2.05) is 35.2 Å². The first-order valence-electron chi connectivity index (χ1n) is 10.2. The lowest BCUT2D eigenvalue weighted by Gasteiger charge is -2.30. The Morgan fingerprint density at radius 3 is 2.56 bits per heavy atom. The molecular formula is C24H19F2N5O. The number of fused-ring (bicyclic) bond motifs is 1. The first-order chi connectivity index (χ1) is 15.7. The van der Waals surface area contributed by atoms with Gasteiger partial charge in [0.1, 0.15) is 6.61 Å². The van der Waals surface area contributed by atoms with Crippen LogP contribution < -0.4 is 9.64 Å². The van der Waals surface area contributed by atoms with E-state index in [2.05, 4.69) is 19.9 Å². The smallest absolute Gasteiger partial charge is 0.200 e. The molecule has 2 aromatic heterocycles. The Morgan fingerprint density at radius 2 is 1.75 bits per heavy atom. The van der Waals surface area contributed by atoms with Gasteiger partial charge in [0.2, 0.25) is 5.82 Å². The van der Waals surface area contributed by atoms with Crippen molar-refractivity contribution in [1.29, 1.82) is 0 Å². The summed E-state index contributed by atoms with van der Waals surface area (Å²) in [5, 5.41) is 0. The summed E-state index contributed by atoms with van der Waals surface area (Å²) in [6.45, 7) is 1.23. The number of benzene rings is 2. The maximum Gasteiger partial charge on any atom is 0.200 e. The van der Waals surface area contributed by atoms with Gasteiger partial charge in [0, 0.05) is 61.5 Å². The lowest BCUT2D eigenvalue weighted by atomic mass is 10.1. The zero-order chi connectivity index (χ0) is 21.9. The van der Waals surface area contributed by atoms with Gasteiger partial charge >= 0.3 is 0 Å². The van der Waals surface area contributed by atoms with Gasteiger partial charge in [-0.1, -0.05) is 30.3 Å². The van der Waals surface area contributed by atoms with Crippen molar-refractivity contribution in [3.05, 3.63) is 95.6 Å². The van der Waals surface area contributed by atoms with Crippen molar-refractivity contribution in [2.45, 2.75) is 19.6 Å². The molecule has 0 N–H and O–H groups in total. The van der Waals surface area contributed by atoms with Crippen LogP contribution in [0.25, 0.3) is 11.6 Å². The Morgan fingerprint density at radius 1 is 0.938 bits per heavy atom. The normalized spacial score (nSPS) is 13.0. The largest absolute Gasteiger partial charge is 0.486 e. The van der Waals surface area contributed by atoms with Gasteiger partial charge in [0.25, 0.3) is 0 Å². The summed E-state index contributed by atoms with van der Waals surface area (Å²) in [6.07, 6.45) is 5.67. The molecule has 0 amide bonds. The summed E-state index contributed by atoms with van der Waals surface area (Å²) in [4.78, 5) is 19.3. The van der Waals surface area contributed by atoms with Crippen LogP contribution in [-0.4, -0.2) is 26.5 Å². The Kier molecular flexibility index (Phi) is 5.41. The molecule has 0 fully saturated rings. The summed E-state index contributed by atoms with van der Waals surface area (Å²) < 4.78 is 34.3. The van der Waals surface area contributed by atoms with Crippen molar-refractivity contribution in [2.24, 2.45) is 0 Å². The molecule has 0 saturated heterocycles. The molecule has 0 aliphatic carbocycles. The van der Waals surface area contributed by atoms with Crippen molar-refractivity contribution >= 4 is 5.69 Å². The van der Waals surface area contributed by atoms with Crippen LogP contribution in [0.2, 0.25) is 0 Å². The molecule has 0 bridgehead atoms.